The van der Waals surface area contributed by atoms with Crippen molar-refractivity contribution < 1.29 is 9.53 Å². The number of hydrogen-bond donors (Lipinski definition) is 0. The third kappa shape index (κ3) is 2.97. The van der Waals surface area contributed by atoms with Crippen LogP contribution in [0.15, 0.2) is 58.4 Å². The number of aliphatic imine (C=N–C) groups is 1. The molecule has 1 amide bonds. The second-order valence-corrected chi connectivity index (χ2v) is 5.96. The van der Waals surface area contributed by atoms with E-state index >= 15 is 0 Å². The number of benzene rings is 2. The number of ether oxygens (including phenoxy) is 1. The van der Waals surface area contributed by atoms with Gasteiger partial charge in [0.25, 0.3) is 5.91 Å². The lowest BCUT2D eigenvalue weighted by Gasteiger charge is -2.05. The van der Waals surface area contributed by atoms with Gasteiger partial charge in [0.15, 0.2) is 0 Å². The lowest BCUT2D eigenvalue weighted by molar-refractivity contribution is -0.113. The van der Waals surface area contributed by atoms with Gasteiger partial charge in [-0.05, 0) is 36.3 Å². The summed E-state index contributed by atoms with van der Waals surface area (Å²) in [6.07, 6.45) is 1.87. The number of amides is 1. The molecule has 0 aliphatic carbocycles. The standard InChI is InChI=1S/C18H15NO2S/c1-12-10-13(8-9-15(12)21-2)11-16-17(20)19-18(22-16)14-6-4-3-5-7-14/h3-11H,1-2H3. The summed E-state index contributed by atoms with van der Waals surface area (Å²) in [6, 6.07) is 15.6. The Morgan fingerprint density at radius 3 is 2.59 bits per heavy atom. The van der Waals surface area contributed by atoms with E-state index in [-0.39, 0.29) is 5.91 Å². The number of hydrogen-bond acceptors (Lipinski definition) is 3. The molecule has 0 saturated heterocycles. The summed E-state index contributed by atoms with van der Waals surface area (Å²) in [5.74, 6) is 0.658. The zero-order valence-corrected chi connectivity index (χ0v) is 13.2. The Morgan fingerprint density at radius 2 is 1.91 bits per heavy atom. The van der Waals surface area contributed by atoms with Crippen LogP contribution in [-0.2, 0) is 4.79 Å². The van der Waals surface area contributed by atoms with Crippen LogP contribution >= 0.6 is 11.8 Å². The number of methoxy groups -OCH3 is 1. The molecule has 1 heterocycles. The number of rotatable bonds is 3. The van der Waals surface area contributed by atoms with E-state index in [1.807, 2.05) is 61.5 Å². The van der Waals surface area contributed by atoms with Gasteiger partial charge in [0.2, 0.25) is 0 Å². The van der Waals surface area contributed by atoms with Gasteiger partial charge >= 0.3 is 0 Å². The van der Waals surface area contributed by atoms with Gasteiger partial charge < -0.3 is 4.74 Å². The molecule has 3 nitrogen and oxygen atoms in total. The second kappa shape index (κ2) is 6.20. The van der Waals surface area contributed by atoms with Crippen LogP contribution in [0.2, 0.25) is 0 Å². The van der Waals surface area contributed by atoms with E-state index in [1.165, 1.54) is 11.8 Å². The van der Waals surface area contributed by atoms with E-state index in [0.717, 1.165) is 27.5 Å². The fraction of sp³-hybridized carbons (Fsp3) is 0.111. The first-order valence-corrected chi connectivity index (χ1v) is 7.71. The lowest BCUT2D eigenvalue weighted by atomic mass is 10.1. The molecule has 1 aliphatic rings. The van der Waals surface area contributed by atoms with Crippen molar-refractivity contribution in [3.05, 3.63) is 70.1 Å². The molecule has 0 fully saturated rings. The summed E-state index contributed by atoms with van der Waals surface area (Å²) >= 11 is 1.41. The molecule has 3 rings (SSSR count). The minimum absolute atomic E-state index is 0.183. The van der Waals surface area contributed by atoms with Gasteiger partial charge in [-0.3, -0.25) is 4.79 Å². The van der Waals surface area contributed by atoms with E-state index in [2.05, 4.69) is 4.99 Å². The van der Waals surface area contributed by atoms with Crippen LogP contribution in [0.25, 0.3) is 6.08 Å². The Balaban J connectivity index is 1.85. The molecular weight excluding hydrogens is 294 g/mol. The smallest absolute Gasteiger partial charge is 0.284 e. The fourth-order valence-corrected chi connectivity index (χ4v) is 3.17. The van der Waals surface area contributed by atoms with Crippen molar-refractivity contribution in [3.63, 3.8) is 0 Å². The molecule has 0 atom stereocenters. The van der Waals surface area contributed by atoms with Crippen LogP contribution in [0.4, 0.5) is 0 Å². The third-order valence-electron chi connectivity index (χ3n) is 3.36. The molecule has 2 aromatic rings. The fourth-order valence-electron chi connectivity index (χ4n) is 2.26. The summed E-state index contributed by atoms with van der Waals surface area (Å²) in [5, 5.41) is 0.752. The van der Waals surface area contributed by atoms with Crippen molar-refractivity contribution in [1.82, 2.24) is 0 Å². The minimum atomic E-state index is -0.183. The number of thioether (sulfide) groups is 1. The van der Waals surface area contributed by atoms with Crippen molar-refractivity contribution >= 4 is 28.8 Å². The molecule has 110 valence electrons. The Morgan fingerprint density at radius 1 is 1.14 bits per heavy atom. The highest BCUT2D eigenvalue weighted by atomic mass is 32.2. The first kappa shape index (κ1) is 14.6. The molecule has 0 aromatic heterocycles. The van der Waals surface area contributed by atoms with E-state index < -0.39 is 0 Å². The number of carbonyl (C=O) groups is 1. The van der Waals surface area contributed by atoms with Crippen LogP contribution in [0, 0.1) is 6.92 Å². The summed E-state index contributed by atoms with van der Waals surface area (Å²) in [5.41, 5.74) is 2.98. The molecule has 2 aromatic carbocycles. The quantitative estimate of drug-likeness (QED) is 0.802. The SMILES string of the molecule is COc1ccc(C=C2SC(c3ccccc3)=NC2=O)cc1C. The maximum atomic E-state index is 12.1. The molecule has 4 heteroatoms. The number of carbonyl (C=O) groups excluding carboxylic acids is 1. The molecule has 0 radical (unpaired) electrons. The van der Waals surface area contributed by atoms with E-state index in [1.54, 1.807) is 7.11 Å². The maximum absolute atomic E-state index is 12.1. The van der Waals surface area contributed by atoms with Gasteiger partial charge in [0.05, 0.1) is 12.0 Å². The molecule has 0 saturated carbocycles. The Kier molecular flexibility index (Phi) is 4.11. The average Bonchev–Trinajstić information content (AvgIpc) is 2.89. The first-order chi connectivity index (χ1) is 10.7. The van der Waals surface area contributed by atoms with Gasteiger partial charge in [-0.25, -0.2) is 4.99 Å². The van der Waals surface area contributed by atoms with E-state index in [4.69, 9.17) is 4.74 Å². The zero-order chi connectivity index (χ0) is 15.5. The normalized spacial score (nSPS) is 16.0. The van der Waals surface area contributed by atoms with Gasteiger partial charge in [0.1, 0.15) is 10.8 Å². The summed E-state index contributed by atoms with van der Waals surface area (Å²) in [4.78, 5) is 16.9. The van der Waals surface area contributed by atoms with Crippen molar-refractivity contribution in [2.24, 2.45) is 4.99 Å². The second-order valence-electron chi connectivity index (χ2n) is 4.93. The maximum Gasteiger partial charge on any atom is 0.284 e. The van der Waals surface area contributed by atoms with Crippen LogP contribution in [0.1, 0.15) is 16.7 Å². The van der Waals surface area contributed by atoms with Gasteiger partial charge in [0, 0.05) is 5.56 Å². The molecule has 0 N–H and O–H groups in total. The zero-order valence-electron chi connectivity index (χ0n) is 12.4. The molecule has 0 spiro atoms. The molecule has 0 unspecified atom stereocenters. The summed E-state index contributed by atoms with van der Waals surface area (Å²) in [7, 11) is 1.65. The first-order valence-electron chi connectivity index (χ1n) is 6.90. The topological polar surface area (TPSA) is 38.7 Å². The molecule has 0 bridgehead atoms. The lowest BCUT2D eigenvalue weighted by Crippen LogP contribution is -1.90. The Hall–Kier alpha value is -2.33. The highest BCUT2D eigenvalue weighted by molar-refractivity contribution is 8.19. The van der Waals surface area contributed by atoms with Crippen LogP contribution < -0.4 is 4.74 Å². The van der Waals surface area contributed by atoms with E-state index in [0.29, 0.717) is 4.91 Å². The van der Waals surface area contributed by atoms with Crippen molar-refractivity contribution in [1.29, 1.82) is 0 Å². The van der Waals surface area contributed by atoms with Crippen molar-refractivity contribution in [2.45, 2.75) is 6.92 Å². The molecular formula is C18H15NO2S. The summed E-state index contributed by atoms with van der Waals surface area (Å²) < 4.78 is 5.25. The van der Waals surface area contributed by atoms with Gasteiger partial charge in [-0.15, -0.1) is 0 Å². The van der Waals surface area contributed by atoms with E-state index in [9.17, 15) is 4.79 Å². The van der Waals surface area contributed by atoms with Gasteiger partial charge in [-0.2, -0.15) is 0 Å². The number of aryl methyl sites for hydroxylation is 1. The van der Waals surface area contributed by atoms with Gasteiger partial charge in [-0.1, -0.05) is 48.2 Å². The highest BCUT2D eigenvalue weighted by Crippen LogP contribution is 2.32. The Bertz CT molecular complexity index is 779. The molecule has 1 aliphatic heterocycles. The van der Waals surface area contributed by atoms with Crippen LogP contribution in [-0.4, -0.2) is 18.1 Å². The van der Waals surface area contributed by atoms with Crippen molar-refractivity contribution in [3.8, 4) is 5.75 Å². The predicted octanol–water partition coefficient (Wildman–Crippen LogP) is 4.06. The average molecular weight is 309 g/mol. The third-order valence-corrected chi connectivity index (χ3v) is 4.39. The minimum Gasteiger partial charge on any atom is -0.496 e. The number of nitrogens with zero attached hydrogens (tertiary/aromatic N) is 1. The van der Waals surface area contributed by atoms with Crippen LogP contribution in [0.5, 0.6) is 5.75 Å². The monoisotopic (exact) mass is 309 g/mol. The largest absolute Gasteiger partial charge is 0.496 e. The predicted molar refractivity (Wildman–Crippen MR) is 91.3 cm³/mol. The van der Waals surface area contributed by atoms with Crippen LogP contribution in [0.3, 0.4) is 0 Å². The Labute approximate surface area is 133 Å². The van der Waals surface area contributed by atoms with Crippen molar-refractivity contribution in [2.75, 3.05) is 7.11 Å². The summed E-state index contributed by atoms with van der Waals surface area (Å²) in [6.45, 7) is 1.98. The molecule has 22 heavy (non-hydrogen) atoms. The highest BCUT2D eigenvalue weighted by Gasteiger charge is 2.22.